The Morgan fingerprint density at radius 1 is 1.48 bits per heavy atom. The third-order valence-electron chi connectivity index (χ3n) is 3.92. The number of nitrogens with zero attached hydrogens (tertiary/aromatic N) is 2. The van der Waals surface area contributed by atoms with Crippen LogP contribution in [0.1, 0.15) is 30.1 Å². The highest BCUT2D eigenvalue weighted by Crippen LogP contribution is 2.40. The number of imidazole rings is 1. The van der Waals surface area contributed by atoms with Crippen molar-refractivity contribution in [1.29, 1.82) is 0 Å². The summed E-state index contributed by atoms with van der Waals surface area (Å²) < 4.78 is 7.09. The van der Waals surface area contributed by atoms with Gasteiger partial charge in [-0.25, -0.2) is 4.98 Å². The fourth-order valence-corrected chi connectivity index (χ4v) is 2.62. The molecule has 3 rings (SSSR count). The van der Waals surface area contributed by atoms with Crippen molar-refractivity contribution in [2.45, 2.75) is 25.2 Å². The molecule has 1 heterocycles. The minimum Gasteiger partial charge on any atom is -0.383 e. The molecule has 0 unspecified atom stereocenters. The Labute approximate surface area is 124 Å². The molecule has 5 nitrogen and oxygen atoms in total. The molecule has 1 aliphatic carbocycles. The minimum absolute atomic E-state index is 0.0183. The van der Waals surface area contributed by atoms with E-state index in [1.54, 1.807) is 7.11 Å². The highest BCUT2D eigenvalue weighted by Gasteiger charge is 2.28. The maximum absolute atomic E-state index is 11.8. The lowest BCUT2D eigenvalue weighted by molar-refractivity contribution is -0.120. The maximum atomic E-state index is 11.8. The van der Waals surface area contributed by atoms with E-state index >= 15 is 0 Å². The zero-order valence-corrected chi connectivity index (χ0v) is 12.6. The Balaban J connectivity index is 1.73. The fraction of sp³-hybridized carbons (Fsp3) is 0.500. The SMILES string of the molecule is COCCNC(=O)Cc1ccc2c(c1)nc(C1CC1)n2C. The molecule has 112 valence electrons. The number of rotatable bonds is 6. The second kappa shape index (κ2) is 5.85. The van der Waals surface area contributed by atoms with E-state index in [1.165, 1.54) is 18.7 Å². The summed E-state index contributed by atoms with van der Waals surface area (Å²) in [4.78, 5) is 16.6. The summed E-state index contributed by atoms with van der Waals surface area (Å²) in [6.45, 7) is 1.09. The van der Waals surface area contributed by atoms with Crippen molar-refractivity contribution in [3.63, 3.8) is 0 Å². The number of nitrogens with one attached hydrogen (secondary N) is 1. The van der Waals surface area contributed by atoms with E-state index in [1.807, 2.05) is 12.1 Å². The average molecular weight is 287 g/mol. The zero-order valence-electron chi connectivity index (χ0n) is 12.6. The lowest BCUT2D eigenvalue weighted by Crippen LogP contribution is -2.28. The molecule has 1 aliphatic rings. The smallest absolute Gasteiger partial charge is 0.224 e. The number of carbonyl (C=O) groups excluding carboxylic acids is 1. The summed E-state index contributed by atoms with van der Waals surface area (Å²) in [6.07, 6.45) is 2.87. The first kappa shape index (κ1) is 14.1. The van der Waals surface area contributed by atoms with E-state index in [-0.39, 0.29) is 5.91 Å². The highest BCUT2D eigenvalue weighted by molar-refractivity contribution is 5.82. The molecule has 5 heteroatoms. The van der Waals surface area contributed by atoms with Crippen molar-refractivity contribution >= 4 is 16.9 Å². The van der Waals surface area contributed by atoms with Crippen LogP contribution in [-0.4, -0.2) is 35.7 Å². The second-order valence-electron chi connectivity index (χ2n) is 5.65. The molecule has 1 aromatic carbocycles. The van der Waals surface area contributed by atoms with Crippen LogP contribution in [0.2, 0.25) is 0 Å². The van der Waals surface area contributed by atoms with Crippen molar-refractivity contribution in [1.82, 2.24) is 14.9 Å². The number of hydrogen-bond donors (Lipinski definition) is 1. The Morgan fingerprint density at radius 3 is 3.00 bits per heavy atom. The standard InChI is InChI=1S/C16H21N3O2/c1-19-14-6-3-11(10-15(20)17-7-8-21-2)9-13(14)18-16(19)12-4-5-12/h3,6,9,12H,4-5,7-8,10H2,1-2H3,(H,17,20). The van der Waals surface area contributed by atoms with Gasteiger partial charge in [0.1, 0.15) is 5.82 Å². The average Bonchev–Trinajstić information content (AvgIpc) is 3.25. The molecule has 1 fully saturated rings. The van der Waals surface area contributed by atoms with Crippen LogP contribution in [0.15, 0.2) is 18.2 Å². The van der Waals surface area contributed by atoms with Crippen LogP contribution >= 0.6 is 0 Å². The molecular formula is C16H21N3O2. The molecule has 1 amide bonds. The van der Waals surface area contributed by atoms with Gasteiger partial charge >= 0.3 is 0 Å². The monoisotopic (exact) mass is 287 g/mol. The van der Waals surface area contributed by atoms with Crippen LogP contribution in [0.4, 0.5) is 0 Å². The number of aryl methyl sites for hydroxylation is 1. The molecule has 2 aromatic rings. The van der Waals surface area contributed by atoms with Gasteiger partial charge in [0.15, 0.2) is 0 Å². The Morgan fingerprint density at radius 2 is 2.29 bits per heavy atom. The molecular weight excluding hydrogens is 266 g/mol. The van der Waals surface area contributed by atoms with Crippen molar-refractivity contribution in [2.75, 3.05) is 20.3 Å². The molecule has 0 atom stereocenters. The van der Waals surface area contributed by atoms with E-state index in [2.05, 4.69) is 23.0 Å². The summed E-state index contributed by atoms with van der Waals surface area (Å²) in [5.74, 6) is 1.82. The second-order valence-corrected chi connectivity index (χ2v) is 5.65. The van der Waals surface area contributed by atoms with E-state index in [0.717, 1.165) is 16.6 Å². The Hall–Kier alpha value is -1.88. The number of benzene rings is 1. The maximum Gasteiger partial charge on any atom is 0.224 e. The molecule has 0 bridgehead atoms. The van der Waals surface area contributed by atoms with Gasteiger partial charge in [-0.2, -0.15) is 0 Å². The van der Waals surface area contributed by atoms with E-state index in [0.29, 0.717) is 25.5 Å². The first-order chi connectivity index (χ1) is 10.2. The summed E-state index contributed by atoms with van der Waals surface area (Å²) in [5.41, 5.74) is 3.12. The van der Waals surface area contributed by atoms with Gasteiger partial charge < -0.3 is 14.6 Å². The fourth-order valence-electron chi connectivity index (χ4n) is 2.62. The van der Waals surface area contributed by atoms with Crippen LogP contribution in [0.3, 0.4) is 0 Å². The molecule has 1 saturated carbocycles. The number of amides is 1. The topological polar surface area (TPSA) is 56.1 Å². The van der Waals surface area contributed by atoms with E-state index < -0.39 is 0 Å². The van der Waals surface area contributed by atoms with Crippen molar-refractivity contribution in [2.24, 2.45) is 7.05 Å². The number of fused-ring (bicyclic) bond motifs is 1. The number of aromatic nitrogens is 2. The van der Waals surface area contributed by atoms with Crippen molar-refractivity contribution in [3.8, 4) is 0 Å². The third-order valence-corrected chi connectivity index (χ3v) is 3.92. The number of methoxy groups -OCH3 is 1. The zero-order chi connectivity index (χ0) is 14.8. The summed E-state index contributed by atoms with van der Waals surface area (Å²) in [6, 6.07) is 6.10. The lowest BCUT2D eigenvalue weighted by atomic mass is 10.1. The largest absolute Gasteiger partial charge is 0.383 e. The van der Waals surface area contributed by atoms with Gasteiger partial charge in [0.2, 0.25) is 5.91 Å². The molecule has 1 aromatic heterocycles. The predicted octanol–water partition coefficient (Wildman–Crippen LogP) is 1.76. The molecule has 21 heavy (non-hydrogen) atoms. The van der Waals surface area contributed by atoms with Crippen molar-refractivity contribution in [3.05, 3.63) is 29.6 Å². The number of hydrogen-bond acceptors (Lipinski definition) is 3. The van der Waals surface area contributed by atoms with Gasteiger partial charge in [0.05, 0.1) is 24.1 Å². The van der Waals surface area contributed by atoms with Gasteiger partial charge in [-0.15, -0.1) is 0 Å². The molecule has 0 radical (unpaired) electrons. The summed E-state index contributed by atoms with van der Waals surface area (Å²) in [7, 11) is 3.69. The van der Waals surface area contributed by atoms with Crippen LogP contribution in [0, 0.1) is 0 Å². The molecule has 0 saturated heterocycles. The van der Waals surface area contributed by atoms with E-state index in [4.69, 9.17) is 9.72 Å². The van der Waals surface area contributed by atoms with Gasteiger partial charge in [0.25, 0.3) is 0 Å². The quantitative estimate of drug-likeness (QED) is 0.824. The number of carbonyl (C=O) groups is 1. The van der Waals surface area contributed by atoms with Crippen molar-refractivity contribution < 1.29 is 9.53 Å². The first-order valence-electron chi connectivity index (χ1n) is 7.40. The molecule has 1 N–H and O–H groups in total. The normalized spacial score (nSPS) is 14.6. The number of ether oxygens (including phenoxy) is 1. The van der Waals surface area contributed by atoms with Crippen LogP contribution in [0.25, 0.3) is 11.0 Å². The summed E-state index contributed by atoms with van der Waals surface area (Å²) >= 11 is 0. The van der Waals surface area contributed by atoms with Gasteiger partial charge in [-0.1, -0.05) is 6.07 Å². The van der Waals surface area contributed by atoms with Crippen LogP contribution in [0.5, 0.6) is 0 Å². The summed E-state index contributed by atoms with van der Waals surface area (Å²) in [5, 5.41) is 2.84. The van der Waals surface area contributed by atoms with Gasteiger partial charge in [-0.05, 0) is 30.5 Å². The third kappa shape index (κ3) is 3.08. The van der Waals surface area contributed by atoms with Gasteiger partial charge in [-0.3, -0.25) is 4.79 Å². The Bertz CT molecular complexity index is 659. The first-order valence-corrected chi connectivity index (χ1v) is 7.40. The Kier molecular flexibility index (Phi) is 3.92. The molecule has 0 spiro atoms. The predicted molar refractivity (Wildman–Crippen MR) is 81.3 cm³/mol. The lowest BCUT2D eigenvalue weighted by Gasteiger charge is -2.05. The van der Waals surface area contributed by atoms with Crippen LogP contribution in [-0.2, 0) is 23.0 Å². The highest BCUT2D eigenvalue weighted by atomic mass is 16.5. The minimum atomic E-state index is 0.0183. The van der Waals surface area contributed by atoms with Crippen LogP contribution < -0.4 is 5.32 Å². The van der Waals surface area contributed by atoms with Gasteiger partial charge in [0, 0.05) is 26.6 Å². The van der Waals surface area contributed by atoms with E-state index in [9.17, 15) is 4.79 Å². The molecule has 0 aliphatic heterocycles.